The molecule has 1 fully saturated rings. The number of alkyl carbamates (subject to hydrolysis) is 1. The largest absolute Gasteiger partial charge is 0.495 e. The lowest BCUT2D eigenvalue weighted by atomic mass is 9.75. The zero-order valence-electron chi connectivity index (χ0n) is 18.5. The Morgan fingerprint density at radius 3 is 2.14 bits per heavy atom. The number of benzene rings is 1. The monoisotopic (exact) mass is 404 g/mol. The second kappa shape index (κ2) is 8.75. The lowest BCUT2D eigenvalue weighted by molar-refractivity contribution is 0.00578. The predicted molar refractivity (Wildman–Crippen MR) is 113 cm³/mol. The number of hydrogen-bond acceptors (Lipinski definition) is 5. The number of ether oxygens (including phenoxy) is 1. The third-order valence-electron chi connectivity index (χ3n) is 5.02. The Morgan fingerprint density at radius 1 is 1.00 bits per heavy atom. The molecule has 1 aromatic carbocycles. The molecule has 0 saturated carbocycles. The Bertz CT molecular complexity index is 727. The van der Waals surface area contributed by atoms with Gasteiger partial charge in [-0.3, -0.25) is 4.79 Å². The molecule has 1 aliphatic rings. The van der Waals surface area contributed by atoms with Gasteiger partial charge >= 0.3 is 13.2 Å². The van der Waals surface area contributed by atoms with Gasteiger partial charge in [0.2, 0.25) is 0 Å². The average molecular weight is 404 g/mol. The van der Waals surface area contributed by atoms with E-state index >= 15 is 0 Å². The van der Waals surface area contributed by atoms with Crippen LogP contribution in [0.4, 0.5) is 4.79 Å². The van der Waals surface area contributed by atoms with E-state index in [1.165, 1.54) is 0 Å². The minimum atomic E-state index is -0.601. The molecule has 1 saturated heterocycles. The SMILES string of the molecule is CC(C)(C)OC(=O)NCCCNC(=O)c1ccccc1B1OC(C)(C)C(C)(C)O1. The smallest absolute Gasteiger partial charge is 0.444 e. The first-order valence-corrected chi connectivity index (χ1v) is 10.0. The van der Waals surface area contributed by atoms with Crippen LogP contribution in [0.2, 0.25) is 0 Å². The van der Waals surface area contributed by atoms with Crippen molar-refractivity contribution in [1.82, 2.24) is 10.6 Å². The fourth-order valence-corrected chi connectivity index (χ4v) is 2.77. The summed E-state index contributed by atoms with van der Waals surface area (Å²) in [5.74, 6) is -0.201. The predicted octanol–water partition coefficient (Wildman–Crippen LogP) is 2.63. The lowest BCUT2D eigenvalue weighted by Gasteiger charge is -2.32. The van der Waals surface area contributed by atoms with Gasteiger partial charge in [-0.2, -0.15) is 0 Å². The molecule has 8 heteroatoms. The first-order valence-electron chi connectivity index (χ1n) is 10.0. The topological polar surface area (TPSA) is 85.9 Å². The molecule has 0 spiro atoms. The molecule has 1 aliphatic heterocycles. The number of nitrogens with one attached hydrogen (secondary N) is 2. The first-order chi connectivity index (χ1) is 13.3. The summed E-state index contributed by atoms with van der Waals surface area (Å²) in [7, 11) is -0.601. The van der Waals surface area contributed by atoms with Gasteiger partial charge in [-0.1, -0.05) is 18.2 Å². The maximum atomic E-state index is 12.7. The van der Waals surface area contributed by atoms with E-state index < -0.39 is 30.0 Å². The zero-order chi connectivity index (χ0) is 21.9. The summed E-state index contributed by atoms with van der Waals surface area (Å²) in [6, 6.07) is 7.28. The number of hydrogen-bond donors (Lipinski definition) is 2. The zero-order valence-corrected chi connectivity index (χ0v) is 18.5. The highest BCUT2D eigenvalue weighted by atomic mass is 16.7. The van der Waals surface area contributed by atoms with Crippen LogP contribution in [0.3, 0.4) is 0 Å². The van der Waals surface area contributed by atoms with E-state index in [0.717, 1.165) is 0 Å². The first kappa shape index (κ1) is 23.2. The molecule has 0 radical (unpaired) electrons. The quantitative estimate of drug-likeness (QED) is 0.563. The average Bonchev–Trinajstić information content (AvgIpc) is 2.80. The van der Waals surface area contributed by atoms with Crippen LogP contribution in [0.15, 0.2) is 24.3 Å². The third-order valence-corrected chi connectivity index (χ3v) is 5.02. The van der Waals surface area contributed by atoms with Gasteiger partial charge in [-0.25, -0.2) is 4.79 Å². The van der Waals surface area contributed by atoms with Crippen molar-refractivity contribution in [3.63, 3.8) is 0 Å². The number of carbonyl (C=O) groups is 2. The molecule has 160 valence electrons. The van der Waals surface area contributed by atoms with Crippen molar-refractivity contribution in [1.29, 1.82) is 0 Å². The van der Waals surface area contributed by atoms with E-state index in [1.807, 2.05) is 66.7 Å². The second-order valence-corrected chi connectivity index (χ2v) is 9.21. The summed E-state index contributed by atoms with van der Waals surface area (Å²) < 4.78 is 17.3. The van der Waals surface area contributed by atoms with Crippen molar-refractivity contribution in [2.45, 2.75) is 71.7 Å². The highest BCUT2D eigenvalue weighted by Crippen LogP contribution is 2.36. The van der Waals surface area contributed by atoms with Crippen molar-refractivity contribution in [2.75, 3.05) is 13.1 Å². The third kappa shape index (κ3) is 6.21. The molecule has 7 nitrogen and oxygen atoms in total. The van der Waals surface area contributed by atoms with Crippen LogP contribution in [0.5, 0.6) is 0 Å². The molecular formula is C21H33BN2O5. The van der Waals surface area contributed by atoms with Crippen LogP contribution in [0.25, 0.3) is 0 Å². The molecule has 1 aromatic rings. The van der Waals surface area contributed by atoms with E-state index in [2.05, 4.69) is 10.6 Å². The molecule has 0 aromatic heterocycles. The van der Waals surface area contributed by atoms with Gasteiger partial charge in [0.05, 0.1) is 11.2 Å². The Kier molecular flexibility index (Phi) is 7.01. The maximum absolute atomic E-state index is 12.7. The van der Waals surface area contributed by atoms with Crippen molar-refractivity contribution in [3.05, 3.63) is 29.8 Å². The summed E-state index contributed by atoms with van der Waals surface area (Å²) in [6.07, 6.45) is 0.124. The summed E-state index contributed by atoms with van der Waals surface area (Å²) in [6.45, 7) is 14.2. The molecular weight excluding hydrogens is 371 g/mol. The standard InChI is InChI=1S/C21H33BN2O5/c1-19(2,3)27-18(26)24-14-10-13-23-17(25)15-11-8-9-12-16(15)22-28-20(4,5)21(6,7)29-22/h8-9,11-12H,10,13-14H2,1-7H3,(H,23,25)(H,24,26). The summed E-state index contributed by atoms with van der Waals surface area (Å²) in [4.78, 5) is 24.3. The fourth-order valence-electron chi connectivity index (χ4n) is 2.77. The van der Waals surface area contributed by atoms with Crippen LogP contribution in [0, 0.1) is 0 Å². The molecule has 1 heterocycles. The van der Waals surface area contributed by atoms with E-state index in [4.69, 9.17) is 14.0 Å². The second-order valence-electron chi connectivity index (χ2n) is 9.21. The van der Waals surface area contributed by atoms with Crippen molar-refractivity contribution >= 4 is 24.6 Å². The number of amides is 2. The van der Waals surface area contributed by atoms with Gasteiger partial charge in [0.25, 0.3) is 5.91 Å². The summed E-state index contributed by atoms with van der Waals surface area (Å²) in [5, 5.41) is 5.56. The lowest BCUT2D eigenvalue weighted by Crippen LogP contribution is -2.41. The normalized spacial score (nSPS) is 17.7. The summed E-state index contributed by atoms with van der Waals surface area (Å²) in [5.41, 5.74) is -0.264. The highest BCUT2D eigenvalue weighted by Gasteiger charge is 2.52. The van der Waals surface area contributed by atoms with Gasteiger partial charge in [-0.05, 0) is 66.4 Å². The molecule has 2 N–H and O–H groups in total. The van der Waals surface area contributed by atoms with Crippen LogP contribution >= 0.6 is 0 Å². The fraction of sp³-hybridized carbons (Fsp3) is 0.619. The summed E-state index contributed by atoms with van der Waals surface area (Å²) >= 11 is 0. The Morgan fingerprint density at radius 2 is 1.55 bits per heavy atom. The van der Waals surface area contributed by atoms with E-state index in [1.54, 1.807) is 6.07 Å². The molecule has 29 heavy (non-hydrogen) atoms. The van der Waals surface area contributed by atoms with Crippen molar-refractivity contribution in [2.24, 2.45) is 0 Å². The van der Waals surface area contributed by atoms with E-state index in [0.29, 0.717) is 30.5 Å². The highest BCUT2D eigenvalue weighted by molar-refractivity contribution is 6.63. The van der Waals surface area contributed by atoms with Crippen molar-refractivity contribution in [3.8, 4) is 0 Å². The molecule has 2 amide bonds. The minimum Gasteiger partial charge on any atom is -0.444 e. The van der Waals surface area contributed by atoms with Gasteiger partial charge in [0, 0.05) is 18.7 Å². The Labute approximate surface area is 174 Å². The van der Waals surface area contributed by atoms with Gasteiger partial charge in [0.15, 0.2) is 0 Å². The van der Waals surface area contributed by atoms with E-state index in [9.17, 15) is 9.59 Å². The Balaban J connectivity index is 1.89. The van der Waals surface area contributed by atoms with Crippen molar-refractivity contribution < 1.29 is 23.6 Å². The van der Waals surface area contributed by atoms with Crippen LogP contribution in [-0.2, 0) is 14.0 Å². The molecule has 0 aliphatic carbocycles. The van der Waals surface area contributed by atoms with Crippen LogP contribution in [0.1, 0.15) is 65.2 Å². The minimum absolute atomic E-state index is 0.201. The number of carbonyl (C=O) groups excluding carboxylic acids is 2. The van der Waals surface area contributed by atoms with Crippen LogP contribution < -0.4 is 16.1 Å². The molecule has 0 bridgehead atoms. The van der Waals surface area contributed by atoms with Crippen LogP contribution in [-0.4, -0.2) is 49.0 Å². The molecule has 0 unspecified atom stereocenters. The maximum Gasteiger partial charge on any atom is 0.495 e. The molecule has 0 atom stereocenters. The van der Waals surface area contributed by atoms with Gasteiger partial charge in [0.1, 0.15) is 5.60 Å². The van der Waals surface area contributed by atoms with Gasteiger partial charge < -0.3 is 24.7 Å². The Hall–Kier alpha value is -2.06. The van der Waals surface area contributed by atoms with Gasteiger partial charge in [-0.15, -0.1) is 0 Å². The van der Waals surface area contributed by atoms with E-state index in [-0.39, 0.29) is 5.91 Å². The number of rotatable bonds is 6. The molecule has 2 rings (SSSR count).